The van der Waals surface area contributed by atoms with E-state index in [0.717, 1.165) is 17.7 Å². The smallest absolute Gasteiger partial charge is 0.236 e. The van der Waals surface area contributed by atoms with E-state index in [1.807, 2.05) is 31.3 Å². The van der Waals surface area contributed by atoms with Gasteiger partial charge in [-0.3, -0.25) is 4.79 Å². The number of halogens is 2. The summed E-state index contributed by atoms with van der Waals surface area (Å²) in [4.78, 5) is 16.6. The zero-order chi connectivity index (χ0) is 22.7. The number of carbonyl (C=O) groups excluding carboxylic acids is 1. The van der Waals surface area contributed by atoms with Crippen molar-refractivity contribution < 1.29 is 18.3 Å². The van der Waals surface area contributed by atoms with Crippen LogP contribution >= 0.6 is 23.1 Å². The zero-order valence-electron chi connectivity index (χ0n) is 17.0. The predicted molar refractivity (Wildman–Crippen MR) is 120 cm³/mol. The fraction of sp³-hybridized carbons (Fsp3) is 0.143. The summed E-state index contributed by atoms with van der Waals surface area (Å²) in [5.41, 5.74) is 1.73. The lowest BCUT2D eigenvalue weighted by molar-refractivity contribution is -0.113. The highest BCUT2D eigenvalue weighted by molar-refractivity contribution is 7.99. The minimum Gasteiger partial charge on any atom is -0.497 e. The second-order valence-corrected chi connectivity index (χ2v) is 8.40. The zero-order valence-corrected chi connectivity index (χ0v) is 18.6. The molecule has 0 aliphatic heterocycles. The average molecular weight is 474 g/mol. The molecular formula is C21H17F2N5O2S2. The first-order valence-corrected chi connectivity index (χ1v) is 11.2. The Morgan fingerprint density at radius 1 is 1.16 bits per heavy atom. The van der Waals surface area contributed by atoms with Gasteiger partial charge < -0.3 is 14.6 Å². The van der Waals surface area contributed by atoms with Crippen LogP contribution in [0, 0.1) is 11.6 Å². The highest BCUT2D eigenvalue weighted by atomic mass is 32.2. The van der Waals surface area contributed by atoms with Crippen LogP contribution in [0.15, 0.2) is 53.0 Å². The fourth-order valence-electron chi connectivity index (χ4n) is 2.86. The third-order valence-electron chi connectivity index (χ3n) is 4.46. The number of carbonyl (C=O) groups is 1. The lowest BCUT2D eigenvalue weighted by Crippen LogP contribution is -2.14. The van der Waals surface area contributed by atoms with Gasteiger partial charge in [0.15, 0.2) is 27.7 Å². The monoisotopic (exact) mass is 473 g/mol. The molecule has 0 fully saturated rings. The summed E-state index contributed by atoms with van der Waals surface area (Å²) in [6, 6.07) is 11.0. The van der Waals surface area contributed by atoms with Gasteiger partial charge in [0, 0.05) is 23.6 Å². The van der Waals surface area contributed by atoms with Crippen LogP contribution in [0.1, 0.15) is 0 Å². The van der Waals surface area contributed by atoms with E-state index in [0.29, 0.717) is 33.1 Å². The Hall–Kier alpha value is -3.31. The molecule has 0 radical (unpaired) electrons. The van der Waals surface area contributed by atoms with Crippen LogP contribution < -0.4 is 10.1 Å². The molecular weight excluding hydrogens is 456 g/mol. The Balaban J connectivity index is 1.38. The summed E-state index contributed by atoms with van der Waals surface area (Å²) in [6.07, 6.45) is 0. The van der Waals surface area contributed by atoms with Gasteiger partial charge in [-0.1, -0.05) is 23.9 Å². The lowest BCUT2D eigenvalue weighted by atomic mass is 10.2. The molecule has 1 N–H and O–H groups in total. The molecule has 2 aromatic heterocycles. The van der Waals surface area contributed by atoms with Crippen molar-refractivity contribution in [2.45, 2.75) is 5.16 Å². The van der Waals surface area contributed by atoms with Gasteiger partial charge >= 0.3 is 0 Å². The van der Waals surface area contributed by atoms with Gasteiger partial charge in [-0.05, 0) is 30.3 Å². The molecule has 0 unspecified atom stereocenters. The van der Waals surface area contributed by atoms with Gasteiger partial charge in [0.25, 0.3) is 0 Å². The number of aromatic nitrogens is 4. The molecule has 2 aromatic carbocycles. The number of anilines is 1. The molecule has 0 saturated heterocycles. The number of ether oxygens (including phenoxy) is 1. The molecule has 0 bridgehead atoms. The average Bonchev–Trinajstić information content (AvgIpc) is 3.41. The van der Waals surface area contributed by atoms with Crippen molar-refractivity contribution in [2.75, 3.05) is 18.2 Å². The van der Waals surface area contributed by atoms with Crippen molar-refractivity contribution in [3.8, 4) is 28.4 Å². The summed E-state index contributed by atoms with van der Waals surface area (Å²) in [5, 5.41) is 13.7. The summed E-state index contributed by atoms with van der Waals surface area (Å²) in [6.45, 7) is 0. The summed E-state index contributed by atoms with van der Waals surface area (Å²) in [7, 11) is 3.42. The van der Waals surface area contributed by atoms with Crippen LogP contribution in [0.4, 0.5) is 13.9 Å². The Kier molecular flexibility index (Phi) is 6.47. The Labute approximate surface area is 190 Å². The Morgan fingerprint density at radius 2 is 2.00 bits per heavy atom. The number of nitrogens with one attached hydrogen (secondary N) is 1. The normalized spacial score (nSPS) is 10.9. The quantitative estimate of drug-likeness (QED) is 0.395. The molecule has 164 valence electrons. The van der Waals surface area contributed by atoms with Crippen molar-refractivity contribution in [1.29, 1.82) is 0 Å². The number of amides is 1. The second-order valence-electron chi connectivity index (χ2n) is 6.60. The van der Waals surface area contributed by atoms with Crippen molar-refractivity contribution >= 4 is 34.1 Å². The molecule has 4 rings (SSSR count). The number of rotatable bonds is 7. The first-order valence-electron chi connectivity index (χ1n) is 9.32. The molecule has 0 saturated carbocycles. The summed E-state index contributed by atoms with van der Waals surface area (Å²) < 4.78 is 33.6. The molecule has 11 heteroatoms. The van der Waals surface area contributed by atoms with E-state index >= 15 is 0 Å². The first-order chi connectivity index (χ1) is 15.4. The molecule has 1 amide bonds. The van der Waals surface area contributed by atoms with E-state index in [4.69, 9.17) is 4.74 Å². The van der Waals surface area contributed by atoms with Gasteiger partial charge in [-0.25, -0.2) is 13.8 Å². The molecule has 4 aromatic rings. The number of hydrogen-bond donors (Lipinski definition) is 1. The molecule has 0 atom stereocenters. The van der Waals surface area contributed by atoms with Crippen molar-refractivity contribution in [3.63, 3.8) is 0 Å². The van der Waals surface area contributed by atoms with Gasteiger partial charge in [-0.2, -0.15) is 0 Å². The molecule has 2 heterocycles. The molecule has 32 heavy (non-hydrogen) atoms. The SMILES string of the molecule is COc1cccc(-c2nnc(SCC(=O)Nc3nc(-c4ccc(F)c(F)c4)cs3)n2C)c1. The maximum absolute atomic E-state index is 13.4. The van der Waals surface area contributed by atoms with E-state index in [2.05, 4.69) is 20.5 Å². The van der Waals surface area contributed by atoms with Crippen LogP contribution in [-0.2, 0) is 11.8 Å². The van der Waals surface area contributed by atoms with E-state index < -0.39 is 11.6 Å². The van der Waals surface area contributed by atoms with E-state index in [1.165, 1.54) is 29.2 Å². The molecule has 0 aliphatic rings. The minimum atomic E-state index is -0.950. The number of methoxy groups -OCH3 is 1. The van der Waals surface area contributed by atoms with Crippen LogP contribution in [0.5, 0.6) is 5.75 Å². The maximum atomic E-state index is 13.4. The lowest BCUT2D eigenvalue weighted by Gasteiger charge is -2.05. The third kappa shape index (κ3) is 4.78. The van der Waals surface area contributed by atoms with Gasteiger partial charge in [0.1, 0.15) is 5.75 Å². The fourth-order valence-corrected chi connectivity index (χ4v) is 4.31. The third-order valence-corrected chi connectivity index (χ3v) is 6.24. The topological polar surface area (TPSA) is 81.9 Å². The predicted octanol–water partition coefficient (Wildman–Crippen LogP) is 4.62. The number of benzene rings is 2. The van der Waals surface area contributed by atoms with E-state index in [9.17, 15) is 13.6 Å². The van der Waals surface area contributed by atoms with Gasteiger partial charge in [-0.15, -0.1) is 21.5 Å². The largest absolute Gasteiger partial charge is 0.497 e. The highest BCUT2D eigenvalue weighted by Crippen LogP contribution is 2.27. The number of thioether (sulfide) groups is 1. The molecule has 0 spiro atoms. The summed E-state index contributed by atoms with van der Waals surface area (Å²) in [5.74, 6) is -0.674. The van der Waals surface area contributed by atoms with Crippen LogP contribution in [0.2, 0.25) is 0 Å². The maximum Gasteiger partial charge on any atom is 0.236 e. The Bertz CT molecular complexity index is 1270. The number of nitrogens with zero attached hydrogens (tertiary/aromatic N) is 4. The van der Waals surface area contributed by atoms with Crippen molar-refractivity contribution in [2.24, 2.45) is 7.05 Å². The number of thiazole rings is 1. The Morgan fingerprint density at radius 3 is 2.78 bits per heavy atom. The number of hydrogen-bond acceptors (Lipinski definition) is 7. The van der Waals surface area contributed by atoms with Gasteiger partial charge in [0.2, 0.25) is 5.91 Å². The van der Waals surface area contributed by atoms with Crippen molar-refractivity contribution in [3.05, 3.63) is 59.5 Å². The van der Waals surface area contributed by atoms with Gasteiger partial charge in [0.05, 0.1) is 18.6 Å². The van der Waals surface area contributed by atoms with Crippen LogP contribution in [0.25, 0.3) is 22.6 Å². The highest BCUT2D eigenvalue weighted by Gasteiger charge is 2.15. The molecule has 7 nitrogen and oxygen atoms in total. The van der Waals surface area contributed by atoms with Crippen LogP contribution in [0.3, 0.4) is 0 Å². The summed E-state index contributed by atoms with van der Waals surface area (Å²) >= 11 is 2.44. The standard InChI is InChI=1S/C21H17F2N5O2S2/c1-28-19(13-4-3-5-14(8-13)30-2)26-27-21(28)32-11-18(29)25-20-24-17(10-31-20)12-6-7-15(22)16(23)9-12/h3-10H,11H2,1-2H3,(H,24,25,29). The minimum absolute atomic E-state index is 0.101. The van der Waals surface area contributed by atoms with Crippen LogP contribution in [-0.4, -0.2) is 38.5 Å². The van der Waals surface area contributed by atoms with E-state index in [1.54, 1.807) is 17.1 Å². The first kappa shape index (κ1) is 21.9. The van der Waals surface area contributed by atoms with E-state index in [-0.39, 0.29) is 11.7 Å². The van der Waals surface area contributed by atoms with Crippen molar-refractivity contribution in [1.82, 2.24) is 19.7 Å². The second kappa shape index (κ2) is 9.45. The molecule has 0 aliphatic carbocycles.